The van der Waals surface area contributed by atoms with Gasteiger partial charge in [0.1, 0.15) is 0 Å². The Morgan fingerprint density at radius 2 is 0.610 bits per heavy atom. The number of hydrogen-bond acceptors (Lipinski definition) is 3. The van der Waals surface area contributed by atoms with Crippen LogP contribution in [0.4, 0.5) is 39.8 Å². The van der Waals surface area contributed by atoms with E-state index in [1.807, 2.05) is 42.5 Å². The third kappa shape index (κ3) is 7.91. The van der Waals surface area contributed by atoms with Crippen LogP contribution in [0.1, 0.15) is 0 Å². The second-order valence-electron chi connectivity index (χ2n) is 14.4. The molecular weight excluding hydrogens is 715 g/mol. The van der Waals surface area contributed by atoms with E-state index in [-0.39, 0.29) is 0 Å². The van der Waals surface area contributed by atoms with Gasteiger partial charge in [0.15, 0.2) is 0 Å². The number of hydrogen-bond donors (Lipinski definition) is 1. The van der Waals surface area contributed by atoms with Gasteiger partial charge in [-0.05, 0) is 94.2 Å². The minimum atomic E-state index is 0.828. The molecular formula is C56H43N3. The number of benzene rings is 10. The SMILES string of the molecule is Nc1ccccc1-c1ccccc1.c1ccc(N(c2ccc(-c3ccc(N(c4ccccc4)c4cccc5ccccc45)cc3)cc2)c2cccc3ccccc23)cc1. The van der Waals surface area contributed by atoms with Crippen LogP contribution < -0.4 is 15.5 Å². The molecule has 59 heavy (non-hydrogen) atoms. The lowest BCUT2D eigenvalue weighted by molar-refractivity contribution is 1.29. The summed E-state index contributed by atoms with van der Waals surface area (Å²) in [5, 5.41) is 4.90. The van der Waals surface area contributed by atoms with Crippen molar-refractivity contribution in [3.63, 3.8) is 0 Å². The molecule has 0 aliphatic carbocycles. The Hall–Kier alpha value is -7.88. The van der Waals surface area contributed by atoms with Crippen molar-refractivity contribution in [1.82, 2.24) is 0 Å². The lowest BCUT2D eigenvalue weighted by atomic mass is 10.0. The van der Waals surface area contributed by atoms with Crippen molar-refractivity contribution >= 4 is 61.4 Å². The molecule has 3 nitrogen and oxygen atoms in total. The first-order valence-electron chi connectivity index (χ1n) is 20.0. The van der Waals surface area contributed by atoms with E-state index in [4.69, 9.17) is 5.73 Å². The zero-order valence-electron chi connectivity index (χ0n) is 32.6. The molecule has 0 bridgehead atoms. The van der Waals surface area contributed by atoms with Gasteiger partial charge in [0.25, 0.3) is 0 Å². The van der Waals surface area contributed by atoms with Crippen molar-refractivity contribution in [2.24, 2.45) is 0 Å². The highest BCUT2D eigenvalue weighted by Crippen LogP contribution is 2.41. The lowest BCUT2D eigenvalue weighted by Crippen LogP contribution is -2.10. The van der Waals surface area contributed by atoms with Crippen LogP contribution in [0.25, 0.3) is 43.8 Å². The van der Waals surface area contributed by atoms with Crippen LogP contribution >= 0.6 is 0 Å². The molecule has 3 heteroatoms. The molecule has 0 aliphatic rings. The summed E-state index contributed by atoms with van der Waals surface area (Å²) >= 11 is 0. The number of anilines is 7. The fourth-order valence-corrected chi connectivity index (χ4v) is 7.80. The smallest absolute Gasteiger partial charge is 0.0540 e. The van der Waals surface area contributed by atoms with Crippen molar-refractivity contribution in [3.05, 3.63) is 249 Å². The first-order chi connectivity index (χ1) is 29.2. The van der Waals surface area contributed by atoms with Gasteiger partial charge in [-0.2, -0.15) is 0 Å². The molecule has 282 valence electrons. The molecule has 0 unspecified atom stereocenters. The summed E-state index contributed by atoms with van der Waals surface area (Å²) in [5.74, 6) is 0. The zero-order chi connectivity index (χ0) is 39.8. The molecule has 0 spiro atoms. The second-order valence-corrected chi connectivity index (χ2v) is 14.4. The summed E-state index contributed by atoms with van der Waals surface area (Å²) in [7, 11) is 0. The largest absolute Gasteiger partial charge is 0.398 e. The summed E-state index contributed by atoms with van der Waals surface area (Å²) in [6.45, 7) is 0. The van der Waals surface area contributed by atoms with E-state index in [9.17, 15) is 0 Å². The molecule has 0 fully saturated rings. The maximum absolute atomic E-state index is 5.85. The predicted molar refractivity (Wildman–Crippen MR) is 253 cm³/mol. The van der Waals surface area contributed by atoms with Crippen LogP contribution in [0.2, 0.25) is 0 Å². The van der Waals surface area contributed by atoms with Crippen LogP contribution in [0.15, 0.2) is 249 Å². The third-order valence-corrected chi connectivity index (χ3v) is 10.7. The highest BCUT2D eigenvalue weighted by atomic mass is 15.1. The summed E-state index contributed by atoms with van der Waals surface area (Å²) < 4.78 is 0. The zero-order valence-corrected chi connectivity index (χ0v) is 32.6. The number of nitrogens with zero attached hydrogens (tertiary/aromatic N) is 2. The molecule has 0 amide bonds. The van der Waals surface area contributed by atoms with E-state index in [2.05, 4.69) is 216 Å². The highest BCUT2D eigenvalue weighted by molar-refractivity contribution is 6.00. The Labute approximate surface area is 346 Å². The minimum absolute atomic E-state index is 0.828. The summed E-state index contributed by atoms with van der Waals surface area (Å²) in [4.78, 5) is 4.69. The van der Waals surface area contributed by atoms with E-state index in [0.717, 1.165) is 45.4 Å². The first kappa shape index (κ1) is 36.7. The normalized spacial score (nSPS) is 10.8. The Bertz CT molecular complexity index is 2750. The number of nitrogens with two attached hydrogens (primary N) is 1. The van der Waals surface area contributed by atoms with Gasteiger partial charge in [0, 0.05) is 44.8 Å². The van der Waals surface area contributed by atoms with Crippen LogP contribution in [0.5, 0.6) is 0 Å². The van der Waals surface area contributed by atoms with Gasteiger partial charge >= 0.3 is 0 Å². The van der Waals surface area contributed by atoms with Gasteiger partial charge in [-0.25, -0.2) is 0 Å². The van der Waals surface area contributed by atoms with Gasteiger partial charge in [0.05, 0.1) is 11.4 Å². The maximum Gasteiger partial charge on any atom is 0.0540 e. The van der Waals surface area contributed by atoms with Crippen molar-refractivity contribution in [2.45, 2.75) is 0 Å². The molecule has 0 aromatic heterocycles. The molecule has 10 rings (SSSR count). The van der Waals surface area contributed by atoms with Gasteiger partial charge in [0.2, 0.25) is 0 Å². The maximum atomic E-state index is 5.85. The van der Waals surface area contributed by atoms with E-state index in [0.29, 0.717) is 0 Å². The number of nitrogen functional groups attached to an aromatic ring is 1. The lowest BCUT2D eigenvalue weighted by Gasteiger charge is -2.27. The fourth-order valence-electron chi connectivity index (χ4n) is 7.80. The van der Waals surface area contributed by atoms with Gasteiger partial charge < -0.3 is 15.5 Å². The Balaban J connectivity index is 0.000000294. The van der Waals surface area contributed by atoms with Gasteiger partial charge in [-0.15, -0.1) is 0 Å². The van der Waals surface area contributed by atoms with Crippen LogP contribution in [0, 0.1) is 0 Å². The minimum Gasteiger partial charge on any atom is -0.398 e. The van der Waals surface area contributed by atoms with Crippen molar-refractivity contribution < 1.29 is 0 Å². The van der Waals surface area contributed by atoms with Crippen molar-refractivity contribution in [1.29, 1.82) is 0 Å². The van der Waals surface area contributed by atoms with Gasteiger partial charge in [-0.3, -0.25) is 0 Å². The van der Waals surface area contributed by atoms with E-state index < -0.39 is 0 Å². The topological polar surface area (TPSA) is 32.5 Å². The Morgan fingerprint density at radius 3 is 1.07 bits per heavy atom. The van der Waals surface area contributed by atoms with Crippen LogP contribution in [-0.2, 0) is 0 Å². The van der Waals surface area contributed by atoms with Crippen LogP contribution in [0.3, 0.4) is 0 Å². The third-order valence-electron chi connectivity index (χ3n) is 10.7. The molecule has 10 aromatic rings. The first-order valence-corrected chi connectivity index (χ1v) is 20.0. The van der Waals surface area contributed by atoms with Crippen molar-refractivity contribution in [2.75, 3.05) is 15.5 Å². The van der Waals surface area contributed by atoms with Crippen LogP contribution in [-0.4, -0.2) is 0 Å². The standard InChI is InChI=1S/C44H32N2.C12H11N/c1-3-17-37(18-4-1)45(43-23-11-15-35-13-7-9-21-41(35)43)39-29-25-33(26-30-39)34-27-31-40(32-28-34)46(38-19-5-2-6-20-38)44-24-12-16-36-14-8-10-22-42(36)44;13-12-9-5-4-8-11(12)10-6-2-1-3-7-10/h1-32H;1-9H,13H2. The predicted octanol–water partition coefficient (Wildman–Crippen LogP) is 15.5. The number of rotatable bonds is 8. The molecule has 0 radical (unpaired) electrons. The number of para-hydroxylation sites is 3. The van der Waals surface area contributed by atoms with E-state index >= 15 is 0 Å². The molecule has 0 heterocycles. The average Bonchev–Trinajstić information content (AvgIpc) is 3.31. The second kappa shape index (κ2) is 17.1. The van der Waals surface area contributed by atoms with E-state index in [1.54, 1.807) is 0 Å². The highest BCUT2D eigenvalue weighted by Gasteiger charge is 2.17. The fraction of sp³-hybridized carbons (Fsp3) is 0. The Kier molecular flexibility index (Phi) is 10.6. The molecule has 0 saturated carbocycles. The quantitative estimate of drug-likeness (QED) is 0.157. The molecule has 0 saturated heterocycles. The van der Waals surface area contributed by atoms with E-state index in [1.165, 1.54) is 38.2 Å². The molecule has 0 aliphatic heterocycles. The molecule has 2 N–H and O–H groups in total. The molecule has 10 aromatic carbocycles. The Morgan fingerprint density at radius 1 is 0.254 bits per heavy atom. The number of fused-ring (bicyclic) bond motifs is 2. The van der Waals surface area contributed by atoms with Gasteiger partial charge in [-0.1, -0.05) is 182 Å². The summed E-state index contributed by atoms with van der Waals surface area (Å²) in [6, 6.07) is 87.3. The van der Waals surface area contributed by atoms with Crippen molar-refractivity contribution in [3.8, 4) is 22.3 Å². The summed E-state index contributed by atoms with van der Waals surface area (Å²) in [6.07, 6.45) is 0. The summed E-state index contributed by atoms with van der Waals surface area (Å²) in [5.41, 5.74) is 18.1. The monoisotopic (exact) mass is 757 g/mol. The molecule has 0 atom stereocenters. The average molecular weight is 758 g/mol.